The zero-order valence-corrected chi connectivity index (χ0v) is 8.25. The molecule has 0 saturated carbocycles. The molecule has 1 aromatic carbocycles. The summed E-state index contributed by atoms with van der Waals surface area (Å²) in [5.41, 5.74) is 5.31. The van der Waals surface area contributed by atoms with Gasteiger partial charge in [0.25, 0.3) is 0 Å². The Bertz CT molecular complexity index is 279. The predicted octanol–water partition coefficient (Wildman–Crippen LogP) is 3.19. The second-order valence-corrected chi connectivity index (χ2v) is 3.03. The molecular weight excluding hydrogens is 160 g/mol. The van der Waals surface area contributed by atoms with Crippen molar-refractivity contribution >= 4 is 11.9 Å². The average Bonchev–Trinajstić information content (AvgIpc) is 2.15. The highest BCUT2D eigenvalue weighted by molar-refractivity contribution is 5.60. The van der Waals surface area contributed by atoms with Gasteiger partial charge in [-0.05, 0) is 25.0 Å². The maximum atomic E-state index is 4.12. The van der Waals surface area contributed by atoms with Gasteiger partial charge in [0.05, 0.1) is 5.69 Å². The highest BCUT2D eigenvalue weighted by Crippen LogP contribution is 2.12. The predicted molar refractivity (Wildman–Crippen MR) is 58.2 cm³/mol. The van der Waals surface area contributed by atoms with Crippen LogP contribution in [0.25, 0.3) is 0 Å². The van der Waals surface area contributed by atoms with Crippen LogP contribution in [0.5, 0.6) is 0 Å². The lowest BCUT2D eigenvalue weighted by atomic mass is 10.2. The molecule has 2 nitrogen and oxygen atoms in total. The van der Waals surface area contributed by atoms with Crippen LogP contribution >= 0.6 is 0 Å². The minimum absolute atomic E-state index is 1.03. The lowest BCUT2D eigenvalue weighted by molar-refractivity contribution is 1.00. The molecular formula is C11H16N2. The minimum atomic E-state index is 1.03. The summed E-state index contributed by atoms with van der Waals surface area (Å²) in [6, 6.07) is 8.12. The number of hydrogen-bond acceptors (Lipinski definition) is 2. The SMILES string of the molecule is CCC/C=N/Nc1ccccc1C. The van der Waals surface area contributed by atoms with Gasteiger partial charge in [-0.15, -0.1) is 0 Å². The molecule has 0 spiro atoms. The molecule has 1 rings (SSSR count). The van der Waals surface area contributed by atoms with Gasteiger partial charge in [-0.25, -0.2) is 0 Å². The fourth-order valence-electron chi connectivity index (χ4n) is 1.01. The van der Waals surface area contributed by atoms with Gasteiger partial charge in [0, 0.05) is 6.21 Å². The number of anilines is 1. The molecule has 0 aliphatic rings. The first-order valence-corrected chi connectivity index (χ1v) is 4.67. The first kappa shape index (κ1) is 9.78. The summed E-state index contributed by atoms with van der Waals surface area (Å²) in [4.78, 5) is 0. The van der Waals surface area contributed by atoms with Crippen LogP contribution in [-0.4, -0.2) is 6.21 Å². The van der Waals surface area contributed by atoms with E-state index in [1.807, 2.05) is 24.4 Å². The normalized spacial score (nSPS) is 10.6. The Hall–Kier alpha value is -1.31. The highest BCUT2D eigenvalue weighted by Gasteiger charge is 1.91. The van der Waals surface area contributed by atoms with E-state index in [1.54, 1.807) is 0 Å². The molecule has 2 heteroatoms. The average molecular weight is 176 g/mol. The topological polar surface area (TPSA) is 24.4 Å². The van der Waals surface area contributed by atoms with Crippen molar-refractivity contribution in [1.82, 2.24) is 0 Å². The van der Waals surface area contributed by atoms with Crippen LogP contribution in [0.4, 0.5) is 5.69 Å². The van der Waals surface area contributed by atoms with Gasteiger partial charge >= 0.3 is 0 Å². The summed E-state index contributed by atoms with van der Waals surface area (Å²) >= 11 is 0. The van der Waals surface area contributed by atoms with Crippen molar-refractivity contribution in [2.45, 2.75) is 26.7 Å². The molecule has 0 radical (unpaired) electrons. The van der Waals surface area contributed by atoms with Crippen LogP contribution in [0.2, 0.25) is 0 Å². The van der Waals surface area contributed by atoms with Crippen LogP contribution in [0, 0.1) is 6.92 Å². The van der Waals surface area contributed by atoms with Gasteiger partial charge in [0.15, 0.2) is 0 Å². The van der Waals surface area contributed by atoms with Crippen LogP contribution in [-0.2, 0) is 0 Å². The summed E-state index contributed by atoms with van der Waals surface area (Å²) in [6.45, 7) is 4.21. The van der Waals surface area contributed by atoms with E-state index < -0.39 is 0 Å². The molecule has 0 amide bonds. The Kier molecular flexibility index (Phi) is 4.03. The number of benzene rings is 1. The van der Waals surface area contributed by atoms with E-state index in [2.05, 4.69) is 30.4 Å². The third kappa shape index (κ3) is 3.28. The molecule has 0 saturated heterocycles. The van der Waals surface area contributed by atoms with Crippen LogP contribution in [0.3, 0.4) is 0 Å². The molecule has 1 N–H and O–H groups in total. The van der Waals surface area contributed by atoms with E-state index >= 15 is 0 Å². The Labute approximate surface area is 79.7 Å². The van der Waals surface area contributed by atoms with E-state index in [0.29, 0.717) is 0 Å². The first-order valence-electron chi connectivity index (χ1n) is 4.67. The second kappa shape index (κ2) is 5.36. The molecule has 0 heterocycles. The molecule has 1 aromatic rings. The monoisotopic (exact) mass is 176 g/mol. The van der Waals surface area contributed by atoms with E-state index in [-0.39, 0.29) is 0 Å². The van der Waals surface area contributed by atoms with Crippen LogP contribution in [0.15, 0.2) is 29.4 Å². The molecule has 70 valence electrons. The molecule has 0 aliphatic carbocycles. The smallest absolute Gasteiger partial charge is 0.0590 e. The minimum Gasteiger partial charge on any atom is -0.279 e. The molecule has 0 unspecified atom stereocenters. The number of hydrogen-bond donors (Lipinski definition) is 1. The molecule has 13 heavy (non-hydrogen) atoms. The molecule has 0 atom stereocenters. The number of unbranched alkanes of at least 4 members (excludes halogenated alkanes) is 1. The Balaban J connectivity index is 2.49. The molecule has 0 fully saturated rings. The first-order chi connectivity index (χ1) is 6.34. The molecule has 0 aliphatic heterocycles. The summed E-state index contributed by atoms with van der Waals surface area (Å²) < 4.78 is 0. The van der Waals surface area contributed by atoms with Crippen molar-refractivity contribution in [3.8, 4) is 0 Å². The fraction of sp³-hybridized carbons (Fsp3) is 0.364. The molecule has 0 bridgehead atoms. The third-order valence-corrected chi connectivity index (χ3v) is 1.84. The Morgan fingerprint density at radius 3 is 2.85 bits per heavy atom. The number of aryl methyl sites for hydroxylation is 1. The Morgan fingerprint density at radius 1 is 1.38 bits per heavy atom. The van der Waals surface area contributed by atoms with Crippen molar-refractivity contribution in [1.29, 1.82) is 0 Å². The fourth-order valence-corrected chi connectivity index (χ4v) is 1.01. The number of rotatable bonds is 4. The summed E-state index contributed by atoms with van der Waals surface area (Å²) in [7, 11) is 0. The summed E-state index contributed by atoms with van der Waals surface area (Å²) in [5, 5.41) is 4.12. The zero-order chi connectivity index (χ0) is 9.52. The third-order valence-electron chi connectivity index (χ3n) is 1.84. The van der Waals surface area contributed by atoms with Crippen LogP contribution < -0.4 is 5.43 Å². The zero-order valence-electron chi connectivity index (χ0n) is 8.25. The van der Waals surface area contributed by atoms with Gasteiger partial charge in [0.2, 0.25) is 0 Å². The van der Waals surface area contributed by atoms with Gasteiger partial charge in [0.1, 0.15) is 0 Å². The van der Waals surface area contributed by atoms with Crippen molar-refractivity contribution < 1.29 is 0 Å². The van der Waals surface area contributed by atoms with Crippen molar-refractivity contribution in [2.24, 2.45) is 5.10 Å². The number of nitrogens with zero attached hydrogens (tertiary/aromatic N) is 1. The number of hydrazone groups is 1. The van der Waals surface area contributed by atoms with Gasteiger partial charge < -0.3 is 0 Å². The largest absolute Gasteiger partial charge is 0.279 e. The second-order valence-electron chi connectivity index (χ2n) is 3.03. The van der Waals surface area contributed by atoms with Crippen molar-refractivity contribution in [3.05, 3.63) is 29.8 Å². The highest BCUT2D eigenvalue weighted by atomic mass is 15.3. The lowest BCUT2D eigenvalue weighted by Gasteiger charge is -2.02. The van der Waals surface area contributed by atoms with E-state index in [1.165, 1.54) is 5.56 Å². The van der Waals surface area contributed by atoms with Gasteiger partial charge in [-0.2, -0.15) is 5.10 Å². The number of para-hydroxylation sites is 1. The van der Waals surface area contributed by atoms with Crippen molar-refractivity contribution in [3.63, 3.8) is 0 Å². The quantitative estimate of drug-likeness (QED) is 0.553. The van der Waals surface area contributed by atoms with Crippen molar-refractivity contribution in [2.75, 3.05) is 5.43 Å². The lowest BCUT2D eigenvalue weighted by Crippen LogP contribution is -1.91. The standard InChI is InChI=1S/C11H16N2/c1-3-4-9-12-13-11-8-6-5-7-10(11)2/h5-9,13H,3-4H2,1-2H3/b12-9+. The van der Waals surface area contributed by atoms with E-state index in [0.717, 1.165) is 18.5 Å². The van der Waals surface area contributed by atoms with E-state index in [4.69, 9.17) is 0 Å². The maximum absolute atomic E-state index is 4.12. The number of nitrogens with one attached hydrogen (secondary N) is 1. The van der Waals surface area contributed by atoms with Gasteiger partial charge in [-0.1, -0.05) is 31.5 Å². The van der Waals surface area contributed by atoms with Gasteiger partial charge in [-0.3, -0.25) is 5.43 Å². The van der Waals surface area contributed by atoms with Crippen LogP contribution in [0.1, 0.15) is 25.3 Å². The van der Waals surface area contributed by atoms with E-state index in [9.17, 15) is 0 Å². The summed E-state index contributed by atoms with van der Waals surface area (Å²) in [5.74, 6) is 0. The molecule has 0 aromatic heterocycles. The Morgan fingerprint density at radius 2 is 2.15 bits per heavy atom. The summed E-state index contributed by atoms with van der Waals surface area (Å²) in [6.07, 6.45) is 4.07. The maximum Gasteiger partial charge on any atom is 0.0590 e.